The molecule has 0 aromatic carbocycles. The van der Waals surface area contributed by atoms with Gasteiger partial charge in [-0.05, 0) is 51.2 Å². The van der Waals surface area contributed by atoms with Crippen LogP contribution >= 0.6 is 0 Å². The Morgan fingerprint density at radius 1 is 1.40 bits per heavy atom. The highest BCUT2D eigenvalue weighted by atomic mass is 16.5. The number of aromatic nitrogens is 1. The fourth-order valence-electron chi connectivity index (χ4n) is 2.47. The normalized spacial score (nSPS) is 14.6. The van der Waals surface area contributed by atoms with Crippen molar-refractivity contribution >= 4 is 11.8 Å². The number of ether oxygens (including phenoxy) is 1. The zero-order valence-electron chi connectivity index (χ0n) is 12.2. The first-order chi connectivity index (χ1) is 9.70. The fraction of sp³-hybridized carbons (Fsp3) is 0.500. The van der Waals surface area contributed by atoms with Gasteiger partial charge in [0.2, 0.25) is 0 Å². The molecular formula is C16H22N2O2. The number of rotatable bonds is 5. The Hall–Kier alpha value is -1.84. The molecule has 0 saturated carbocycles. The summed E-state index contributed by atoms with van der Waals surface area (Å²) in [6.07, 6.45) is 8.53. The van der Waals surface area contributed by atoms with E-state index >= 15 is 0 Å². The van der Waals surface area contributed by atoms with Crippen LogP contribution in [0.2, 0.25) is 0 Å². The van der Waals surface area contributed by atoms with Gasteiger partial charge in [0.15, 0.2) is 0 Å². The topological polar surface area (TPSA) is 51.2 Å². The van der Waals surface area contributed by atoms with E-state index in [0.29, 0.717) is 11.3 Å². The molecule has 0 fully saturated rings. The number of pyridine rings is 1. The molecule has 20 heavy (non-hydrogen) atoms. The standard InChI is InChI=1S/C16H22N2O2/c1-12-14(16(19)20-2)8-9-15(18-12)17-11-10-13-6-4-3-5-7-13/h6,8-9H,3-5,7,10-11H2,1-2H3,(H,17,18). The second-order valence-corrected chi connectivity index (χ2v) is 5.11. The minimum absolute atomic E-state index is 0.339. The van der Waals surface area contributed by atoms with Gasteiger partial charge in [-0.25, -0.2) is 9.78 Å². The number of hydrogen-bond donors (Lipinski definition) is 1. The zero-order valence-corrected chi connectivity index (χ0v) is 12.2. The number of esters is 1. The van der Waals surface area contributed by atoms with Crippen molar-refractivity contribution in [3.8, 4) is 0 Å². The average Bonchev–Trinajstić information content (AvgIpc) is 2.48. The number of methoxy groups -OCH3 is 1. The lowest BCUT2D eigenvalue weighted by molar-refractivity contribution is 0.0599. The smallest absolute Gasteiger partial charge is 0.339 e. The van der Waals surface area contributed by atoms with Gasteiger partial charge < -0.3 is 10.1 Å². The number of allylic oxidation sites excluding steroid dienone is 1. The summed E-state index contributed by atoms with van der Waals surface area (Å²) in [4.78, 5) is 15.9. The van der Waals surface area contributed by atoms with Crippen molar-refractivity contribution in [3.63, 3.8) is 0 Å². The molecule has 0 atom stereocenters. The van der Waals surface area contributed by atoms with Crippen molar-refractivity contribution in [3.05, 3.63) is 35.0 Å². The molecule has 0 saturated heterocycles. The van der Waals surface area contributed by atoms with Crippen LogP contribution in [0.5, 0.6) is 0 Å². The Kier molecular flexibility index (Phi) is 5.16. The van der Waals surface area contributed by atoms with E-state index < -0.39 is 0 Å². The van der Waals surface area contributed by atoms with Gasteiger partial charge >= 0.3 is 5.97 Å². The second-order valence-electron chi connectivity index (χ2n) is 5.11. The van der Waals surface area contributed by atoms with Crippen molar-refractivity contribution in [1.29, 1.82) is 0 Å². The van der Waals surface area contributed by atoms with Gasteiger partial charge in [0.25, 0.3) is 0 Å². The maximum atomic E-state index is 11.5. The first-order valence-electron chi connectivity index (χ1n) is 7.18. The quantitative estimate of drug-likeness (QED) is 0.659. The number of carbonyl (C=O) groups is 1. The molecule has 4 nitrogen and oxygen atoms in total. The fourth-order valence-corrected chi connectivity index (χ4v) is 2.47. The number of anilines is 1. The van der Waals surface area contributed by atoms with Crippen molar-refractivity contribution in [2.75, 3.05) is 19.0 Å². The Morgan fingerprint density at radius 3 is 2.90 bits per heavy atom. The van der Waals surface area contributed by atoms with E-state index in [1.165, 1.54) is 32.8 Å². The van der Waals surface area contributed by atoms with Gasteiger partial charge in [0.05, 0.1) is 18.4 Å². The molecular weight excluding hydrogens is 252 g/mol. The van der Waals surface area contributed by atoms with Crippen LogP contribution in [0.3, 0.4) is 0 Å². The van der Waals surface area contributed by atoms with E-state index in [9.17, 15) is 4.79 Å². The highest BCUT2D eigenvalue weighted by molar-refractivity contribution is 5.90. The SMILES string of the molecule is COC(=O)c1ccc(NCCC2=CCCCC2)nc1C. The molecule has 1 aliphatic rings. The highest BCUT2D eigenvalue weighted by Gasteiger charge is 2.10. The van der Waals surface area contributed by atoms with E-state index in [0.717, 1.165) is 18.8 Å². The van der Waals surface area contributed by atoms with Crippen molar-refractivity contribution in [1.82, 2.24) is 4.98 Å². The highest BCUT2D eigenvalue weighted by Crippen LogP contribution is 2.20. The lowest BCUT2D eigenvalue weighted by Crippen LogP contribution is -2.09. The monoisotopic (exact) mass is 274 g/mol. The predicted molar refractivity (Wildman–Crippen MR) is 80.0 cm³/mol. The van der Waals surface area contributed by atoms with Crippen LogP contribution in [-0.4, -0.2) is 24.6 Å². The van der Waals surface area contributed by atoms with Gasteiger partial charge in [-0.1, -0.05) is 11.6 Å². The van der Waals surface area contributed by atoms with Crippen molar-refractivity contribution < 1.29 is 9.53 Å². The second kappa shape index (κ2) is 7.08. The summed E-state index contributed by atoms with van der Waals surface area (Å²) in [5, 5.41) is 3.31. The molecule has 1 aromatic heterocycles. The van der Waals surface area contributed by atoms with Crippen LogP contribution in [0.25, 0.3) is 0 Å². The lowest BCUT2D eigenvalue weighted by Gasteiger charge is -2.13. The number of nitrogens with one attached hydrogen (secondary N) is 1. The van der Waals surface area contributed by atoms with Gasteiger partial charge in [-0.15, -0.1) is 0 Å². The average molecular weight is 274 g/mol. The summed E-state index contributed by atoms with van der Waals surface area (Å²) in [5.74, 6) is 0.473. The molecule has 0 unspecified atom stereocenters. The maximum Gasteiger partial charge on any atom is 0.339 e. The Morgan fingerprint density at radius 2 is 2.25 bits per heavy atom. The van der Waals surface area contributed by atoms with Gasteiger partial charge in [-0.2, -0.15) is 0 Å². The Bertz CT molecular complexity index is 509. The molecule has 0 bridgehead atoms. The Labute approximate surface area is 120 Å². The summed E-state index contributed by atoms with van der Waals surface area (Å²) < 4.78 is 4.71. The molecule has 0 amide bonds. The largest absolute Gasteiger partial charge is 0.465 e. The van der Waals surface area contributed by atoms with Crippen molar-refractivity contribution in [2.24, 2.45) is 0 Å². The molecule has 1 aromatic rings. The molecule has 2 rings (SSSR count). The maximum absolute atomic E-state index is 11.5. The first kappa shape index (κ1) is 14.6. The lowest BCUT2D eigenvalue weighted by atomic mass is 9.97. The van der Waals surface area contributed by atoms with E-state index in [2.05, 4.69) is 16.4 Å². The van der Waals surface area contributed by atoms with E-state index in [1.807, 2.05) is 13.0 Å². The van der Waals surface area contributed by atoms with E-state index in [4.69, 9.17) is 4.74 Å². The van der Waals surface area contributed by atoms with Gasteiger partial charge in [0, 0.05) is 6.54 Å². The van der Waals surface area contributed by atoms with Crippen LogP contribution < -0.4 is 5.32 Å². The molecule has 1 heterocycles. The molecule has 0 aliphatic heterocycles. The molecule has 108 valence electrons. The van der Waals surface area contributed by atoms with Crippen LogP contribution in [0.1, 0.15) is 48.2 Å². The van der Waals surface area contributed by atoms with Gasteiger partial charge in [-0.3, -0.25) is 0 Å². The summed E-state index contributed by atoms with van der Waals surface area (Å²) in [5.41, 5.74) is 2.76. The zero-order chi connectivity index (χ0) is 14.4. The van der Waals surface area contributed by atoms with Crippen molar-refractivity contribution in [2.45, 2.75) is 39.0 Å². The third-order valence-corrected chi connectivity index (χ3v) is 3.63. The van der Waals surface area contributed by atoms with E-state index in [1.54, 1.807) is 11.6 Å². The molecule has 1 N–H and O–H groups in total. The van der Waals surface area contributed by atoms with Crippen LogP contribution in [0.15, 0.2) is 23.8 Å². The minimum atomic E-state index is -0.339. The molecule has 4 heteroatoms. The number of hydrogen-bond acceptors (Lipinski definition) is 4. The molecule has 0 radical (unpaired) electrons. The summed E-state index contributed by atoms with van der Waals surface area (Å²) in [7, 11) is 1.38. The number of nitrogens with zero attached hydrogens (tertiary/aromatic N) is 1. The van der Waals surface area contributed by atoms with Crippen LogP contribution in [-0.2, 0) is 4.74 Å². The summed E-state index contributed by atoms with van der Waals surface area (Å²) in [6, 6.07) is 3.59. The van der Waals surface area contributed by atoms with E-state index in [-0.39, 0.29) is 5.97 Å². The summed E-state index contributed by atoms with van der Waals surface area (Å²) in [6.45, 7) is 2.71. The number of carbonyl (C=O) groups excluding carboxylic acids is 1. The third-order valence-electron chi connectivity index (χ3n) is 3.63. The predicted octanol–water partition coefficient (Wildman–Crippen LogP) is 3.48. The Balaban J connectivity index is 1.88. The molecule has 0 spiro atoms. The molecule has 1 aliphatic carbocycles. The van der Waals surface area contributed by atoms with Crippen LogP contribution in [0.4, 0.5) is 5.82 Å². The summed E-state index contributed by atoms with van der Waals surface area (Å²) >= 11 is 0. The number of aryl methyl sites for hydroxylation is 1. The minimum Gasteiger partial charge on any atom is -0.465 e. The third kappa shape index (κ3) is 3.83. The first-order valence-corrected chi connectivity index (χ1v) is 7.18. The van der Waals surface area contributed by atoms with Gasteiger partial charge in [0.1, 0.15) is 5.82 Å². The van der Waals surface area contributed by atoms with Crippen LogP contribution in [0, 0.1) is 6.92 Å².